The number of hydrogen-bond acceptors (Lipinski definition) is 3. The van der Waals surface area contributed by atoms with E-state index in [1.165, 1.54) is 11.3 Å². The second-order valence-corrected chi connectivity index (χ2v) is 8.06. The molecule has 0 saturated heterocycles. The van der Waals surface area contributed by atoms with Crippen LogP contribution in [0.15, 0.2) is 24.3 Å². The van der Waals surface area contributed by atoms with Crippen LogP contribution in [0, 0.1) is 17.3 Å². The molecule has 4 nitrogen and oxygen atoms in total. The number of imide groups is 1. The Hall–Kier alpha value is -1.68. The third-order valence-electron chi connectivity index (χ3n) is 6.58. The average molecular weight is 296 g/mol. The van der Waals surface area contributed by atoms with Gasteiger partial charge in [-0.1, -0.05) is 12.1 Å². The first-order valence-electron chi connectivity index (χ1n) is 8.24. The summed E-state index contributed by atoms with van der Waals surface area (Å²) in [5.41, 5.74) is 7.78. The van der Waals surface area contributed by atoms with Gasteiger partial charge in [-0.3, -0.25) is 14.5 Å². The molecular weight excluding hydrogens is 276 g/mol. The summed E-state index contributed by atoms with van der Waals surface area (Å²) in [6.45, 7) is 0.561. The minimum absolute atomic E-state index is 0.0262. The molecule has 1 aromatic carbocycles. The number of nitrogens with zero attached hydrogens (tertiary/aromatic N) is 1. The molecule has 0 spiro atoms. The lowest BCUT2D eigenvalue weighted by molar-refractivity contribution is 0.0464. The fraction of sp³-hybridized carbons (Fsp3) is 0.556. The maximum absolute atomic E-state index is 12.6. The second-order valence-electron chi connectivity index (χ2n) is 8.06. The minimum Gasteiger partial charge on any atom is -0.325 e. The Labute approximate surface area is 129 Å². The lowest BCUT2D eigenvalue weighted by Gasteiger charge is -2.41. The predicted molar refractivity (Wildman–Crippen MR) is 81.2 cm³/mol. The van der Waals surface area contributed by atoms with Crippen molar-refractivity contribution in [3.63, 3.8) is 0 Å². The second kappa shape index (κ2) is 3.80. The van der Waals surface area contributed by atoms with E-state index < -0.39 is 0 Å². The number of amides is 2. The zero-order valence-electron chi connectivity index (χ0n) is 12.5. The van der Waals surface area contributed by atoms with E-state index in [0.29, 0.717) is 29.5 Å². The van der Waals surface area contributed by atoms with Gasteiger partial charge in [0.25, 0.3) is 11.8 Å². The predicted octanol–water partition coefficient (Wildman–Crippen LogP) is 2.19. The largest absolute Gasteiger partial charge is 0.325 e. The summed E-state index contributed by atoms with van der Waals surface area (Å²) in [5, 5.41) is 0. The van der Waals surface area contributed by atoms with Crippen LogP contribution in [-0.4, -0.2) is 28.8 Å². The molecule has 4 atom stereocenters. The maximum Gasteiger partial charge on any atom is 0.261 e. The van der Waals surface area contributed by atoms with Crippen molar-refractivity contribution >= 4 is 11.8 Å². The SMILES string of the molecule is NC12CC3CC1CC(CN1C(=O)c4ccccc4C1=O)(C3)C2. The van der Waals surface area contributed by atoms with E-state index >= 15 is 0 Å². The molecule has 4 unspecified atom stereocenters. The van der Waals surface area contributed by atoms with Crippen molar-refractivity contribution in [2.24, 2.45) is 23.0 Å². The van der Waals surface area contributed by atoms with Crippen LogP contribution in [0.2, 0.25) is 0 Å². The summed E-state index contributed by atoms with van der Waals surface area (Å²) in [7, 11) is 0. The summed E-state index contributed by atoms with van der Waals surface area (Å²) >= 11 is 0. The molecule has 4 bridgehead atoms. The third kappa shape index (κ3) is 1.46. The zero-order valence-corrected chi connectivity index (χ0v) is 12.5. The lowest BCUT2D eigenvalue weighted by atomic mass is 9.68. The molecule has 2 N–H and O–H groups in total. The molecule has 2 amide bonds. The molecule has 1 aromatic rings. The van der Waals surface area contributed by atoms with Gasteiger partial charge in [-0.2, -0.15) is 0 Å². The van der Waals surface area contributed by atoms with E-state index in [0.717, 1.165) is 25.7 Å². The standard InChI is InChI=1S/C18H20N2O2/c19-18-7-11-5-12(18)8-17(6-11,9-18)10-20-15(21)13-3-1-2-4-14(13)16(20)22/h1-4,11-12H,5-10,19H2. The Morgan fingerprint density at radius 1 is 1.09 bits per heavy atom. The Kier molecular flexibility index (Phi) is 2.21. The summed E-state index contributed by atoms with van der Waals surface area (Å²) in [6.07, 6.45) is 5.60. The number of fused-ring (bicyclic) bond motifs is 1. The van der Waals surface area contributed by atoms with Crippen LogP contribution >= 0.6 is 0 Å². The van der Waals surface area contributed by atoms with Crippen molar-refractivity contribution in [3.8, 4) is 0 Å². The number of hydrogen-bond donors (Lipinski definition) is 1. The van der Waals surface area contributed by atoms with Gasteiger partial charge in [-0.05, 0) is 61.5 Å². The highest BCUT2D eigenvalue weighted by molar-refractivity contribution is 6.21. The smallest absolute Gasteiger partial charge is 0.261 e. The quantitative estimate of drug-likeness (QED) is 0.851. The highest BCUT2D eigenvalue weighted by atomic mass is 16.2. The number of rotatable bonds is 2. The molecule has 1 heterocycles. The van der Waals surface area contributed by atoms with Crippen molar-refractivity contribution in [1.29, 1.82) is 0 Å². The van der Waals surface area contributed by atoms with Crippen molar-refractivity contribution in [1.82, 2.24) is 4.90 Å². The Morgan fingerprint density at radius 3 is 2.36 bits per heavy atom. The van der Waals surface area contributed by atoms with Gasteiger partial charge < -0.3 is 5.73 Å². The van der Waals surface area contributed by atoms with Gasteiger partial charge in [-0.15, -0.1) is 0 Å². The van der Waals surface area contributed by atoms with E-state index in [4.69, 9.17) is 5.73 Å². The summed E-state index contributed by atoms with van der Waals surface area (Å²) in [6, 6.07) is 7.16. The van der Waals surface area contributed by atoms with Gasteiger partial charge >= 0.3 is 0 Å². The monoisotopic (exact) mass is 296 g/mol. The first-order valence-corrected chi connectivity index (χ1v) is 8.24. The van der Waals surface area contributed by atoms with Crippen LogP contribution in [0.4, 0.5) is 0 Å². The molecule has 1 aliphatic heterocycles. The molecule has 4 aliphatic carbocycles. The summed E-state index contributed by atoms with van der Waals surface area (Å²) in [4.78, 5) is 26.7. The van der Waals surface area contributed by atoms with Crippen molar-refractivity contribution in [2.75, 3.05) is 6.54 Å². The van der Waals surface area contributed by atoms with E-state index in [9.17, 15) is 9.59 Å². The van der Waals surface area contributed by atoms with Gasteiger partial charge in [-0.25, -0.2) is 0 Å². The highest BCUT2D eigenvalue weighted by Gasteiger charge is 2.63. The third-order valence-corrected chi connectivity index (χ3v) is 6.58. The number of carbonyl (C=O) groups is 2. The minimum atomic E-state index is -0.122. The summed E-state index contributed by atoms with van der Waals surface area (Å²) < 4.78 is 0. The number of nitrogens with two attached hydrogens (primary N) is 1. The van der Waals surface area contributed by atoms with Gasteiger partial charge in [0.15, 0.2) is 0 Å². The molecule has 114 valence electrons. The van der Waals surface area contributed by atoms with Crippen molar-refractivity contribution in [3.05, 3.63) is 35.4 Å². The Balaban J connectivity index is 1.47. The molecule has 4 saturated carbocycles. The Morgan fingerprint density at radius 2 is 1.77 bits per heavy atom. The molecular formula is C18H20N2O2. The van der Waals surface area contributed by atoms with Crippen molar-refractivity contribution < 1.29 is 9.59 Å². The van der Waals surface area contributed by atoms with E-state index in [2.05, 4.69) is 0 Å². The van der Waals surface area contributed by atoms with Crippen LogP contribution < -0.4 is 5.73 Å². The van der Waals surface area contributed by atoms with Crippen LogP contribution in [0.5, 0.6) is 0 Å². The molecule has 5 aliphatic rings. The first-order chi connectivity index (χ1) is 10.5. The number of benzene rings is 1. The lowest BCUT2D eigenvalue weighted by Crippen LogP contribution is -2.47. The summed E-state index contributed by atoms with van der Waals surface area (Å²) in [5.74, 6) is 1.06. The molecule has 4 fully saturated rings. The number of carbonyl (C=O) groups excluding carboxylic acids is 2. The van der Waals surface area contributed by atoms with Crippen LogP contribution in [0.25, 0.3) is 0 Å². The zero-order chi connectivity index (χ0) is 15.1. The van der Waals surface area contributed by atoms with E-state index in [-0.39, 0.29) is 22.8 Å². The Bertz CT molecular complexity index is 680. The fourth-order valence-corrected chi connectivity index (χ4v) is 6.05. The molecule has 22 heavy (non-hydrogen) atoms. The first kappa shape index (κ1) is 12.8. The normalized spacial score (nSPS) is 41.6. The fourth-order valence-electron chi connectivity index (χ4n) is 6.05. The van der Waals surface area contributed by atoms with E-state index in [1.54, 1.807) is 12.1 Å². The molecule has 0 aromatic heterocycles. The van der Waals surface area contributed by atoms with Gasteiger partial charge in [0, 0.05) is 12.1 Å². The highest BCUT2D eigenvalue weighted by Crippen LogP contribution is 2.65. The van der Waals surface area contributed by atoms with Crippen LogP contribution in [-0.2, 0) is 0 Å². The molecule has 4 heteroatoms. The maximum atomic E-state index is 12.6. The van der Waals surface area contributed by atoms with Gasteiger partial charge in [0.2, 0.25) is 0 Å². The topological polar surface area (TPSA) is 63.4 Å². The van der Waals surface area contributed by atoms with Gasteiger partial charge in [0.05, 0.1) is 11.1 Å². The molecule has 0 radical (unpaired) electrons. The average Bonchev–Trinajstić information content (AvgIpc) is 2.93. The van der Waals surface area contributed by atoms with E-state index in [1.807, 2.05) is 12.1 Å². The van der Waals surface area contributed by atoms with Crippen LogP contribution in [0.1, 0.15) is 52.8 Å². The van der Waals surface area contributed by atoms with Crippen LogP contribution in [0.3, 0.4) is 0 Å². The van der Waals surface area contributed by atoms with Crippen molar-refractivity contribution in [2.45, 2.75) is 37.6 Å². The molecule has 6 rings (SSSR count). The van der Waals surface area contributed by atoms with Gasteiger partial charge in [0.1, 0.15) is 0 Å².